The van der Waals surface area contributed by atoms with Crippen LogP contribution in [0.1, 0.15) is 28.0 Å². The largest absolute Gasteiger partial charge is 0.378 e. The summed E-state index contributed by atoms with van der Waals surface area (Å²) < 4.78 is 11.3. The van der Waals surface area contributed by atoms with E-state index in [1.165, 1.54) is 0 Å². The third-order valence-corrected chi connectivity index (χ3v) is 5.85. The van der Waals surface area contributed by atoms with Crippen LogP contribution in [0.15, 0.2) is 36.4 Å². The Morgan fingerprint density at radius 2 is 1.80 bits per heavy atom. The number of aromatic nitrogens is 2. The fourth-order valence-electron chi connectivity index (χ4n) is 4.19. The van der Waals surface area contributed by atoms with Crippen LogP contribution in [0.5, 0.6) is 0 Å². The van der Waals surface area contributed by atoms with Crippen molar-refractivity contribution in [2.45, 2.75) is 25.1 Å². The number of morpholine rings is 1. The molecule has 2 fully saturated rings. The maximum atomic E-state index is 12.8. The number of urea groups is 1. The molecule has 0 radical (unpaired) electrons. The van der Waals surface area contributed by atoms with Gasteiger partial charge >= 0.3 is 6.03 Å². The summed E-state index contributed by atoms with van der Waals surface area (Å²) in [5.41, 5.74) is 2.14. The second-order valence-corrected chi connectivity index (χ2v) is 7.92. The Bertz CT molecular complexity index is 933. The molecule has 2 aromatic rings. The zero-order valence-electron chi connectivity index (χ0n) is 16.5. The van der Waals surface area contributed by atoms with E-state index < -0.39 is 5.60 Å². The second-order valence-electron chi connectivity index (χ2n) is 7.92. The van der Waals surface area contributed by atoms with E-state index in [1.54, 1.807) is 21.9 Å². The molecule has 1 aromatic heterocycles. The van der Waals surface area contributed by atoms with Crippen LogP contribution < -0.4 is 5.32 Å². The number of anilines is 1. The minimum Gasteiger partial charge on any atom is -0.378 e. The summed E-state index contributed by atoms with van der Waals surface area (Å²) in [4.78, 5) is 28.8. The molecule has 156 valence electrons. The average Bonchev–Trinajstić information content (AvgIpc) is 3.41. The fraction of sp³-hybridized carbons (Fsp3) is 0.429. The van der Waals surface area contributed by atoms with E-state index in [9.17, 15) is 9.59 Å². The predicted molar refractivity (Wildman–Crippen MR) is 107 cm³/mol. The van der Waals surface area contributed by atoms with Gasteiger partial charge in [-0.25, -0.2) is 4.79 Å². The quantitative estimate of drug-likeness (QED) is 0.810. The molecule has 3 aliphatic rings. The van der Waals surface area contributed by atoms with E-state index in [0.717, 1.165) is 17.5 Å². The zero-order valence-corrected chi connectivity index (χ0v) is 16.5. The minimum absolute atomic E-state index is 0.190. The molecular formula is C21H23N5O4. The minimum atomic E-state index is -0.400. The van der Waals surface area contributed by atoms with E-state index in [1.807, 2.05) is 24.3 Å². The van der Waals surface area contributed by atoms with E-state index in [2.05, 4.69) is 15.5 Å². The number of ether oxygens (including phenoxy) is 2. The smallest absolute Gasteiger partial charge is 0.323 e. The Balaban J connectivity index is 1.20. The lowest BCUT2D eigenvalue weighted by Crippen LogP contribution is -2.54. The van der Waals surface area contributed by atoms with Crippen LogP contribution in [0.4, 0.5) is 10.6 Å². The van der Waals surface area contributed by atoms with Crippen molar-refractivity contribution in [3.8, 4) is 0 Å². The van der Waals surface area contributed by atoms with E-state index >= 15 is 0 Å². The van der Waals surface area contributed by atoms with Crippen LogP contribution in [0.25, 0.3) is 0 Å². The number of hydrogen-bond donors (Lipinski definition) is 1. The normalized spacial score (nSPS) is 22.9. The topological polar surface area (TPSA) is 96.9 Å². The first-order valence-electron chi connectivity index (χ1n) is 10.1. The van der Waals surface area contributed by atoms with Crippen molar-refractivity contribution >= 4 is 17.8 Å². The summed E-state index contributed by atoms with van der Waals surface area (Å²) in [6.07, 6.45) is 0.786. The van der Waals surface area contributed by atoms with Gasteiger partial charge in [0, 0.05) is 32.7 Å². The first kappa shape index (κ1) is 19.0. The number of fused-ring (bicyclic) bond motifs is 1. The van der Waals surface area contributed by atoms with Crippen molar-refractivity contribution in [1.82, 2.24) is 20.0 Å². The van der Waals surface area contributed by atoms with Crippen LogP contribution >= 0.6 is 0 Å². The molecule has 1 unspecified atom stereocenters. The molecule has 1 spiro atoms. The molecular weight excluding hydrogens is 386 g/mol. The maximum Gasteiger partial charge on any atom is 0.323 e. The average molecular weight is 409 g/mol. The standard InChI is InChI=1S/C21H23N5O4/c27-19(25-8-10-30-21(13-25)7-9-29-14-21)17-5-6-18(24-23-17)22-20(28)26-11-15-3-1-2-4-16(15)12-26/h1-6H,7-14H2,(H,22,24,28). The van der Waals surface area contributed by atoms with Gasteiger partial charge in [0.2, 0.25) is 0 Å². The van der Waals surface area contributed by atoms with Gasteiger partial charge in [-0.2, -0.15) is 0 Å². The van der Waals surface area contributed by atoms with Gasteiger partial charge in [-0.15, -0.1) is 10.2 Å². The van der Waals surface area contributed by atoms with Gasteiger partial charge in [0.15, 0.2) is 11.5 Å². The van der Waals surface area contributed by atoms with Crippen molar-refractivity contribution in [1.29, 1.82) is 0 Å². The Labute approximate surface area is 174 Å². The molecule has 9 heteroatoms. The molecule has 3 amide bonds. The van der Waals surface area contributed by atoms with Crippen molar-refractivity contribution in [2.24, 2.45) is 0 Å². The summed E-state index contributed by atoms with van der Waals surface area (Å²) in [6.45, 7) is 3.77. The van der Waals surface area contributed by atoms with Crippen molar-refractivity contribution < 1.29 is 19.1 Å². The van der Waals surface area contributed by atoms with Gasteiger partial charge in [0.05, 0.1) is 19.8 Å². The van der Waals surface area contributed by atoms with Crippen molar-refractivity contribution in [3.05, 3.63) is 53.2 Å². The molecule has 4 heterocycles. The molecule has 9 nitrogen and oxygen atoms in total. The summed E-state index contributed by atoms with van der Waals surface area (Å²) in [5.74, 6) is 0.125. The molecule has 0 aliphatic carbocycles. The summed E-state index contributed by atoms with van der Waals surface area (Å²) in [7, 11) is 0. The van der Waals surface area contributed by atoms with Gasteiger partial charge < -0.3 is 19.3 Å². The Hall–Kier alpha value is -3.04. The maximum absolute atomic E-state index is 12.8. The molecule has 1 atom stereocenters. The molecule has 3 aliphatic heterocycles. The van der Waals surface area contributed by atoms with E-state index in [-0.39, 0.29) is 17.6 Å². The van der Waals surface area contributed by atoms with E-state index in [4.69, 9.17) is 9.47 Å². The zero-order chi connectivity index (χ0) is 20.6. The molecule has 2 saturated heterocycles. The van der Waals surface area contributed by atoms with Gasteiger partial charge in [0.25, 0.3) is 5.91 Å². The SMILES string of the molecule is O=C(Nc1ccc(C(=O)N2CCOC3(CCOC3)C2)nn1)N1Cc2ccccc2C1. The highest BCUT2D eigenvalue weighted by molar-refractivity contribution is 5.93. The number of nitrogens with one attached hydrogen (secondary N) is 1. The summed E-state index contributed by atoms with van der Waals surface area (Å²) in [6, 6.07) is 10.9. The number of carbonyl (C=O) groups excluding carboxylic acids is 2. The fourth-order valence-corrected chi connectivity index (χ4v) is 4.19. The first-order chi connectivity index (χ1) is 14.6. The van der Waals surface area contributed by atoms with Gasteiger partial charge in [-0.3, -0.25) is 10.1 Å². The number of benzene rings is 1. The second kappa shape index (κ2) is 7.66. The molecule has 30 heavy (non-hydrogen) atoms. The lowest BCUT2D eigenvalue weighted by atomic mass is 10.0. The predicted octanol–water partition coefficient (Wildman–Crippen LogP) is 1.66. The number of carbonyl (C=O) groups is 2. The lowest BCUT2D eigenvalue weighted by molar-refractivity contribution is -0.0996. The van der Waals surface area contributed by atoms with E-state index in [0.29, 0.717) is 51.8 Å². The molecule has 1 aromatic carbocycles. The number of amides is 3. The number of hydrogen-bond acceptors (Lipinski definition) is 6. The molecule has 0 saturated carbocycles. The molecule has 1 N–H and O–H groups in total. The van der Waals surface area contributed by atoms with Crippen molar-refractivity contribution in [2.75, 3.05) is 38.2 Å². The molecule has 5 rings (SSSR count). The molecule has 0 bridgehead atoms. The van der Waals surface area contributed by atoms with Crippen LogP contribution in [0.3, 0.4) is 0 Å². The highest BCUT2D eigenvalue weighted by atomic mass is 16.6. The monoisotopic (exact) mass is 409 g/mol. The number of rotatable bonds is 2. The summed E-state index contributed by atoms with van der Waals surface area (Å²) >= 11 is 0. The summed E-state index contributed by atoms with van der Waals surface area (Å²) in [5, 5.41) is 10.8. The third kappa shape index (κ3) is 3.61. The van der Waals surface area contributed by atoms with Crippen LogP contribution in [0.2, 0.25) is 0 Å². The number of nitrogens with zero attached hydrogens (tertiary/aromatic N) is 4. The van der Waals surface area contributed by atoms with Gasteiger partial charge in [0.1, 0.15) is 5.60 Å². The first-order valence-corrected chi connectivity index (χ1v) is 10.1. The Morgan fingerprint density at radius 3 is 2.47 bits per heavy atom. The lowest BCUT2D eigenvalue weighted by Gasteiger charge is -2.39. The Kier molecular flexibility index (Phi) is 4.84. The van der Waals surface area contributed by atoms with Crippen LogP contribution in [0, 0.1) is 0 Å². The third-order valence-electron chi connectivity index (χ3n) is 5.85. The Morgan fingerprint density at radius 1 is 1.00 bits per heavy atom. The van der Waals surface area contributed by atoms with Crippen LogP contribution in [-0.2, 0) is 22.6 Å². The van der Waals surface area contributed by atoms with Gasteiger partial charge in [-0.1, -0.05) is 24.3 Å². The highest BCUT2D eigenvalue weighted by Crippen LogP contribution is 2.28. The van der Waals surface area contributed by atoms with Crippen LogP contribution in [-0.4, -0.2) is 70.4 Å². The van der Waals surface area contributed by atoms with Crippen molar-refractivity contribution in [3.63, 3.8) is 0 Å². The van der Waals surface area contributed by atoms with Gasteiger partial charge in [-0.05, 0) is 23.3 Å². The highest BCUT2D eigenvalue weighted by Gasteiger charge is 2.42.